The lowest BCUT2D eigenvalue weighted by Gasteiger charge is -2.15. The summed E-state index contributed by atoms with van der Waals surface area (Å²) in [5, 5.41) is 0. The number of nitrogens with zero attached hydrogens (tertiary/aromatic N) is 2. The van der Waals surface area contributed by atoms with Crippen LogP contribution in [0.25, 0.3) is 0 Å². The molecule has 4 nitrogen and oxygen atoms in total. The number of nitrogens with two attached hydrogens (primary N) is 2. The normalized spacial score (nSPS) is 15.4. The third kappa shape index (κ3) is 1.29. The molecular weight excluding hydrogens is 184 g/mol. The lowest BCUT2D eigenvalue weighted by molar-refractivity contribution is 0.520. The molecule has 1 aromatic rings. The summed E-state index contributed by atoms with van der Waals surface area (Å²) in [6.45, 7) is 0.937. The summed E-state index contributed by atoms with van der Waals surface area (Å²) in [4.78, 5) is 4.59. The number of hydrogen-bond acceptors (Lipinski definition) is 3. The maximum Gasteiger partial charge on any atom is 0.152 e. The molecule has 13 heavy (non-hydrogen) atoms. The number of fused-ring (bicyclic) bond motifs is 1. The van der Waals surface area contributed by atoms with Gasteiger partial charge in [0.25, 0.3) is 0 Å². The Bertz CT molecular complexity index is 355. The van der Waals surface area contributed by atoms with E-state index in [0.29, 0.717) is 10.8 Å². The van der Waals surface area contributed by atoms with Crippen molar-refractivity contribution in [3.8, 4) is 0 Å². The Hall–Kier alpha value is -1.10. The van der Waals surface area contributed by atoms with E-state index in [2.05, 4.69) is 4.98 Å². The summed E-state index contributed by atoms with van der Waals surface area (Å²) in [6.07, 6.45) is 3.30. The molecule has 2 rings (SSSR count). The first-order chi connectivity index (χ1) is 6.20. The van der Waals surface area contributed by atoms with Gasteiger partial charge in [0.2, 0.25) is 0 Å². The fraction of sp³-hybridized carbons (Fsp3) is 0.500. The van der Waals surface area contributed by atoms with Gasteiger partial charge in [-0.05, 0) is 12.8 Å². The van der Waals surface area contributed by atoms with Gasteiger partial charge >= 0.3 is 0 Å². The maximum absolute atomic E-state index is 5.72. The molecule has 0 unspecified atom stereocenters. The van der Waals surface area contributed by atoms with E-state index in [1.165, 1.54) is 6.42 Å². The van der Waals surface area contributed by atoms with E-state index in [1.54, 1.807) is 0 Å². The van der Waals surface area contributed by atoms with Crippen molar-refractivity contribution in [3.63, 3.8) is 0 Å². The standard InChI is InChI=1S/C8H12N4S/c9-7-6(8(10)13)12-4-2-1-3-5(12)11-7/h1-4,9H2,(H2,10,13). The second kappa shape index (κ2) is 2.99. The lowest BCUT2D eigenvalue weighted by Crippen LogP contribution is -2.20. The predicted molar refractivity (Wildman–Crippen MR) is 55.5 cm³/mol. The first-order valence-electron chi connectivity index (χ1n) is 4.35. The van der Waals surface area contributed by atoms with Gasteiger partial charge in [0, 0.05) is 13.0 Å². The first kappa shape index (κ1) is 8.50. The van der Waals surface area contributed by atoms with Gasteiger partial charge in [-0.15, -0.1) is 0 Å². The van der Waals surface area contributed by atoms with Gasteiger partial charge in [-0.25, -0.2) is 4.98 Å². The van der Waals surface area contributed by atoms with Crippen molar-refractivity contribution in [2.24, 2.45) is 5.73 Å². The molecular formula is C8H12N4S. The molecule has 0 aromatic carbocycles. The largest absolute Gasteiger partial charge is 0.388 e. The molecule has 1 aromatic heterocycles. The van der Waals surface area contributed by atoms with Gasteiger partial charge < -0.3 is 16.0 Å². The number of imidazole rings is 1. The number of hydrogen-bond donors (Lipinski definition) is 2. The SMILES string of the molecule is NC(=S)c1c(N)nc2n1CCCC2. The van der Waals surface area contributed by atoms with Crippen LogP contribution in [0.1, 0.15) is 24.4 Å². The molecule has 2 heterocycles. The predicted octanol–water partition coefficient (Wildman–Crippen LogP) is 0.436. The summed E-state index contributed by atoms with van der Waals surface area (Å²) >= 11 is 4.93. The van der Waals surface area contributed by atoms with E-state index < -0.39 is 0 Å². The zero-order valence-electron chi connectivity index (χ0n) is 7.29. The number of aryl methyl sites for hydroxylation is 1. The number of nitrogen functional groups attached to an aromatic ring is 1. The molecule has 0 aliphatic carbocycles. The molecule has 0 saturated heterocycles. The Morgan fingerprint density at radius 1 is 1.46 bits per heavy atom. The van der Waals surface area contributed by atoms with Crippen LogP contribution in [0.3, 0.4) is 0 Å². The van der Waals surface area contributed by atoms with Crippen molar-refractivity contribution >= 4 is 23.0 Å². The van der Waals surface area contributed by atoms with Crippen LogP contribution in [-0.4, -0.2) is 14.5 Å². The molecule has 0 radical (unpaired) electrons. The van der Waals surface area contributed by atoms with Crippen molar-refractivity contribution < 1.29 is 0 Å². The van der Waals surface area contributed by atoms with Gasteiger partial charge in [0.05, 0.1) is 0 Å². The van der Waals surface area contributed by atoms with E-state index in [9.17, 15) is 0 Å². The number of rotatable bonds is 1. The van der Waals surface area contributed by atoms with Crippen LogP contribution in [0.2, 0.25) is 0 Å². The van der Waals surface area contributed by atoms with Crippen LogP contribution in [0.5, 0.6) is 0 Å². The highest BCUT2D eigenvalue weighted by atomic mass is 32.1. The van der Waals surface area contributed by atoms with E-state index in [1.807, 2.05) is 4.57 Å². The Morgan fingerprint density at radius 2 is 2.23 bits per heavy atom. The fourth-order valence-electron chi connectivity index (χ4n) is 1.76. The minimum atomic E-state index is 0.346. The van der Waals surface area contributed by atoms with Gasteiger partial charge in [-0.1, -0.05) is 12.2 Å². The Morgan fingerprint density at radius 3 is 2.92 bits per heavy atom. The molecule has 0 atom stereocenters. The highest BCUT2D eigenvalue weighted by molar-refractivity contribution is 7.80. The van der Waals surface area contributed by atoms with E-state index in [4.69, 9.17) is 23.7 Å². The smallest absolute Gasteiger partial charge is 0.152 e. The minimum absolute atomic E-state index is 0.346. The summed E-state index contributed by atoms with van der Waals surface area (Å²) in [6, 6.07) is 0. The van der Waals surface area contributed by atoms with Crippen LogP contribution >= 0.6 is 12.2 Å². The fourth-order valence-corrected chi connectivity index (χ4v) is 1.98. The highest BCUT2D eigenvalue weighted by Crippen LogP contribution is 2.20. The minimum Gasteiger partial charge on any atom is -0.388 e. The number of anilines is 1. The van der Waals surface area contributed by atoms with Crippen LogP contribution < -0.4 is 11.5 Å². The molecule has 0 spiro atoms. The van der Waals surface area contributed by atoms with Crippen molar-refractivity contribution in [2.45, 2.75) is 25.8 Å². The van der Waals surface area contributed by atoms with E-state index in [0.717, 1.165) is 30.9 Å². The molecule has 0 bridgehead atoms. The molecule has 4 N–H and O–H groups in total. The van der Waals surface area contributed by atoms with Crippen LogP contribution in [0, 0.1) is 0 Å². The second-order valence-corrected chi connectivity index (χ2v) is 3.67. The first-order valence-corrected chi connectivity index (χ1v) is 4.75. The van der Waals surface area contributed by atoms with Gasteiger partial charge in [0.15, 0.2) is 5.82 Å². The van der Waals surface area contributed by atoms with Crippen LogP contribution in [0.15, 0.2) is 0 Å². The Kier molecular flexibility index (Phi) is 1.95. The average molecular weight is 196 g/mol. The van der Waals surface area contributed by atoms with Crippen molar-refractivity contribution in [3.05, 3.63) is 11.5 Å². The average Bonchev–Trinajstić information content (AvgIpc) is 2.39. The molecule has 0 fully saturated rings. The van der Waals surface area contributed by atoms with Crippen LogP contribution in [-0.2, 0) is 13.0 Å². The van der Waals surface area contributed by atoms with Gasteiger partial charge in [-0.3, -0.25) is 0 Å². The Labute approximate surface area is 81.9 Å². The van der Waals surface area contributed by atoms with E-state index >= 15 is 0 Å². The zero-order valence-corrected chi connectivity index (χ0v) is 8.10. The second-order valence-electron chi connectivity index (χ2n) is 3.23. The molecule has 70 valence electrons. The third-order valence-electron chi connectivity index (χ3n) is 2.34. The number of aromatic nitrogens is 2. The van der Waals surface area contributed by atoms with Crippen molar-refractivity contribution in [1.29, 1.82) is 0 Å². The van der Waals surface area contributed by atoms with Gasteiger partial charge in [0.1, 0.15) is 16.5 Å². The Balaban J connectivity index is 2.54. The highest BCUT2D eigenvalue weighted by Gasteiger charge is 2.19. The van der Waals surface area contributed by atoms with Crippen molar-refractivity contribution in [1.82, 2.24) is 9.55 Å². The summed E-state index contributed by atoms with van der Waals surface area (Å²) in [7, 11) is 0. The molecule has 0 saturated carbocycles. The maximum atomic E-state index is 5.72. The van der Waals surface area contributed by atoms with Crippen molar-refractivity contribution in [2.75, 3.05) is 5.73 Å². The monoisotopic (exact) mass is 196 g/mol. The topological polar surface area (TPSA) is 69.9 Å². The molecule has 0 amide bonds. The van der Waals surface area contributed by atoms with Gasteiger partial charge in [-0.2, -0.15) is 0 Å². The van der Waals surface area contributed by atoms with E-state index in [-0.39, 0.29) is 0 Å². The lowest BCUT2D eigenvalue weighted by atomic mass is 10.1. The number of thiocarbonyl (C=S) groups is 1. The molecule has 1 aliphatic rings. The summed E-state index contributed by atoms with van der Waals surface area (Å²) in [5.41, 5.74) is 12.0. The van der Waals surface area contributed by atoms with Crippen LogP contribution in [0.4, 0.5) is 5.82 Å². The summed E-state index contributed by atoms with van der Waals surface area (Å²) in [5.74, 6) is 1.50. The quantitative estimate of drug-likeness (QED) is 0.639. The molecule has 1 aliphatic heterocycles. The molecule has 5 heteroatoms. The zero-order chi connectivity index (χ0) is 9.42. The third-order valence-corrected chi connectivity index (χ3v) is 2.53. The summed E-state index contributed by atoms with van der Waals surface area (Å²) < 4.78 is 2.04.